The van der Waals surface area contributed by atoms with Crippen LogP contribution in [0.2, 0.25) is 5.02 Å². The highest BCUT2D eigenvalue weighted by molar-refractivity contribution is 7.89. The number of nitrogens with zero attached hydrogens (tertiary/aromatic N) is 4. The van der Waals surface area contributed by atoms with E-state index in [0.29, 0.717) is 24.0 Å². The second kappa shape index (κ2) is 10.3. The van der Waals surface area contributed by atoms with Crippen molar-refractivity contribution in [3.8, 4) is 0 Å². The van der Waals surface area contributed by atoms with Gasteiger partial charge >= 0.3 is 0 Å². The summed E-state index contributed by atoms with van der Waals surface area (Å²) in [6.07, 6.45) is 10.5. The van der Waals surface area contributed by atoms with E-state index in [9.17, 15) is 8.42 Å². The number of anilines is 1. The van der Waals surface area contributed by atoms with E-state index in [-0.39, 0.29) is 11.9 Å². The number of unbranched alkanes of at least 4 members (excludes halogenated alkanes) is 1. The van der Waals surface area contributed by atoms with Crippen LogP contribution in [0.1, 0.15) is 51.9 Å². The van der Waals surface area contributed by atoms with E-state index < -0.39 is 10.0 Å². The van der Waals surface area contributed by atoms with E-state index in [2.05, 4.69) is 14.9 Å². The standard InChI is InChI=1S/C22H35ClN4O3S/c1-2-3-12-31(28,29)27-10-6-20(7-11-27)30-16-18-13-21(18)17-4-8-26(9-5-17)22-24-14-19(23)15-25-22/h14-15,17-18,20-21H,2-13,16H2,1H3/t18-,21+/m0/s1. The third-order valence-electron chi connectivity index (χ3n) is 7.11. The summed E-state index contributed by atoms with van der Waals surface area (Å²) in [5.41, 5.74) is 0. The van der Waals surface area contributed by atoms with Gasteiger partial charge in [-0.25, -0.2) is 22.7 Å². The summed E-state index contributed by atoms with van der Waals surface area (Å²) >= 11 is 5.89. The Bertz CT molecular complexity index is 807. The van der Waals surface area contributed by atoms with Crippen molar-refractivity contribution in [2.75, 3.05) is 43.4 Å². The van der Waals surface area contributed by atoms with E-state index in [1.807, 2.05) is 6.92 Å². The summed E-state index contributed by atoms with van der Waals surface area (Å²) in [7, 11) is -3.08. The smallest absolute Gasteiger partial charge is 0.225 e. The monoisotopic (exact) mass is 470 g/mol. The first kappa shape index (κ1) is 23.2. The molecule has 31 heavy (non-hydrogen) atoms. The lowest BCUT2D eigenvalue weighted by atomic mass is 9.91. The highest BCUT2D eigenvalue weighted by Crippen LogP contribution is 2.48. The molecule has 3 fully saturated rings. The van der Waals surface area contributed by atoms with Gasteiger partial charge in [-0.3, -0.25) is 0 Å². The van der Waals surface area contributed by atoms with Crippen LogP contribution in [-0.4, -0.2) is 67.3 Å². The average molecular weight is 471 g/mol. The van der Waals surface area contributed by atoms with Crippen LogP contribution < -0.4 is 4.90 Å². The largest absolute Gasteiger partial charge is 0.378 e. The first-order chi connectivity index (χ1) is 15.0. The van der Waals surface area contributed by atoms with Crippen LogP contribution in [0.5, 0.6) is 0 Å². The van der Waals surface area contributed by atoms with Crippen LogP contribution in [0.25, 0.3) is 0 Å². The lowest BCUT2D eigenvalue weighted by molar-refractivity contribution is 0.0122. The Morgan fingerprint density at radius 1 is 1.10 bits per heavy atom. The van der Waals surface area contributed by atoms with Crippen molar-refractivity contribution in [1.82, 2.24) is 14.3 Å². The fourth-order valence-electron chi connectivity index (χ4n) is 5.03. The normalized spacial score (nSPS) is 26.3. The molecular formula is C22H35ClN4O3S. The lowest BCUT2D eigenvalue weighted by Crippen LogP contribution is -2.42. The number of piperidine rings is 2. The van der Waals surface area contributed by atoms with Crippen molar-refractivity contribution in [1.29, 1.82) is 0 Å². The summed E-state index contributed by atoms with van der Waals surface area (Å²) in [6, 6.07) is 0. The molecular weight excluding hydrogens is 436 g/mol. The van der Waals surface area contributed by atoms with Crippen molar-refractivity contribution in [2.45, 2.75) is 58.0 Å². The number of hydrogen-bond donors (Lipinski definition) is 0. The molecule has 1 aromatic rings. The molecule has 174 valence electrons. The van der Waals surface area contributed by atoms with Gasteiger partial charge < -0.3 is 9.64 Å². The van der Waals surface area contributed by atoms with Gasteiger partial charge in [0.2, 0.25) is 16.0 Å². The van der Waals surface area contributed by atoms with Gasteiger partial charge in [0.25, 0.3) is 0 Å². The zero-order valence-electron chi connectivity index (χ0n) is 18.5. The highest BCUT2D eigenvalue weighted by Gasteiger charge is 2.44. The van der Waals surface area contributed by atoms with Crippen molar-refractivity contribution in [2.24, 2.45) is 17.8 Å². The maximum absolute atomic E-state index is 12.3. The van der Waals surface area contributed by atoms with Gasteiger partial charge in [-0.15, -0.1) is 0 Å². The Morgan fingerprint density at radius 2 is 1.77 bits per heavy atom. The molecule has 0 amide bonds. The molecule has 1 saturated carbocycles. The lowest BCUT2D eigenvalue weighted by Gasteiger charge is -2.32. The first-order valence-corrected chi connectivity index (χ1v) is 13.8. The molecule has 2 saturated heterocycles. The van der Waals surface area contributed by atoms with Crippen molar-refractivity contribution in [3.05, 3.63) is 17.4 Å². The molecule has 1 aliphatic carbocycles. The Hall–Kier alpha value is -0.960. The second-order valence-corrected chi connectivity index (χ2v) is 11.8. The van der Waals surface area contributed by atoms with E-state index >= 15 is 0 Å². The van der Waals surface area contributed by atoms with Gasteiger partial charge in [0.05, 0.1) is 35.9 Å². The maximum Gasteiger partial charge on any atom is 0.225 e. The minimum atomic E-state index is -3.08. The number of halogens is 1. The first-order valence-electron chi connectivity index (χ1n) is 11.8. The van der Waals surface area contributed by atoms with Gasteiger partial charge in [-0.1, -0.05) is 24.9 Å². The van der Waals surface area contributed by atoms with Crippen LogP contribution in [-0.2, 0) is 14.8 Å². The molecule has 9 heteroatoms. The molecule has 0 radical (unpaired) electrons. The van der Waals surface area contributed by atoms with Crippen LogP contribution in [0, 0.1) is 17.8 Å². The number of hydrogen-bond acceptors (Lipinski definition) is 6. The molecule has 4 rings (SSSR count). The maximum atomic E-state index is 12.3. The van der Waals surface area contributed by atoms with Crippen LogP contribution in [0.15, 0.2) is 12.4 Å². The van der Waals surface area contributed by atoms with E-state index in [1.54, 1.807) is 16.7 Å². The Labute approximate surface area is 191 Å². The van der Waals surface area contributed by atoms with Gasteiger partial charge in [-0.2, -0.15) is 0 Å². The molecule has 2 aliphatic heterocycles. The van der Waals surface area contributed by atoms with Crippen LogP contribution >= 0.6 is 11.6 Å². The summed E-state index contributed by atoms with van der Waals surface area (Å²) in [5, 5.41) is 0.572. The molecule has 0 aromatic carbocycles. The van der Waals surface area contributed by atoms with Gasteiger partial charge in [0.15, 0.2) is 0 Å². The SMILES string of the molecule is CCCCS(=O)(=O)N1CCC(OC[C@@H]2C[C@@H]2C2CCN(c3ncc(Cl)cn3)CC2)CC1. The molecule has 0 spiro atoms. The number of sulfonamides is 1. The molecule has 2 atom stereocenters. The Morgan fingerprint density at radius 3 is 2.42 bits per heavy atom. The molecule has 0 bridgehead atoms. The second-order valence-electron chi connectivity index (χ2n) is 9.29. The molecule has 1 aromatic heterocycles. The minimum absolute atomic E-state index is 0.211. The van der Waals surface area contributed by atoms with Gasteiger partial charge in [0.1, 0.15) is 0 Å². The van der Waals surface area contributed by atoms with Crippen LogP contribution in [0.3, 0.4) is 0 Å². The van der Waals surface area contributed by atoms with E-state index in [1.165, 1.54) is 19.3 Å². The van der Waals surface area contributed by atoms with Gasteiger partial charge in [-0.05, 0) is 56.3 Å². The third-order valence-corrected chi connectivity index (χ3v) is 9.26. The zero-order valence-corrected chi connectivity index (χ0v) is 20.0. The highest BCUT2D eigenvalue weighted by atomic mass is 35.5. The van der Waals surface area contributed by atoms with Crippen molar-refractivity contribution < 1.29 is 13.2 Å². The molecule has 3 heterocycles. The summed E-state index contributed by atoms with van der Waals surface area (Å²) in [4.78, 5) is 10.9. The number of rotatable bonds is 9. The fourth-order valence-corrected chi connectivity index (χ4v) is 6.81. The predicted octanol–water partition coefficient (Wildman–Crippen LogP) is 3.59. The summed E-state index contributed by atoms with van der Waals surface area (Å²) in [6.45, 7) is 6.07. The zero-order chi connectivity index (χ0) is 21.8. The van der Waals surface area contributed by atoms with Crippen molar-refractivity contribution >= 4 is 27.6 Å². The quantitative estimate of drug-likeness (QED) is 0.549. The molecule has 0 N–H and O–H groups in total. The Balaban J connectivity index is 1.13. The van der Waals surface area contributed by atoms with Crippen LogP contribution in [0.4, 0.5) is 5.95 Å². The number of ether oxygens (including phenoxy) is 1. The Kier molecular flexibility index (Phi) is 7.72. The number of aromatic nitrogens is 2. The van der Waals surface area contributed by atoms with Gasteiger partial charge in [0, 0.05) is 26.2 Å². The average Bonchev–Trinajstić information content (AvgIpc) is 3.57. The fraction of sp³-hybridized carbons (Fsp3) is 0.818. The molecule has 0 unspecified atom stereocenters. The molecule has 7 nitrogen and oxygen atoms in total. The minimum Gasteiger partial charge on any atom is -0.378 e. The summed E-state index contributed by atoms with van der Waals surface area (Å²) in [5.74, 6) is 3.28. The van der Waals surface area contributed by atoms with Crippen molar-refractivity contribution in [3.63, 3.8) is 0 Å². The summed E-state index contributed by atoms with van der Waals surface area (Å²) < 4.78 is 32.6. The topological polar surface area (TPSA) is 75.6 Å². The predicted molar refractivity (Wildman–Crippen MR) is 123 cm³/mol. The van der Waals surface area contributed by atoms with E-state index in [4.69, 9.17) is 16.3 Å². The van der Waals surface area contributed by atoms with E-state index in [0.717, 1.165) is 63.2 Å². The molecule has 3 aliphatic rings. The third kappa shape index (κ3) is 6.09.